The van der Waals surface area contributed by atoms with Gasteiger partial charge in [0.05, 0.1) is 18.6 Å². The minimum Gasteiger partial charge on any atom is -0.494 e. The lowest BCUT2D eigenvalue weighted by atomic mass is 10.1. The SMILES string of the molecule is CCNC(=O)[C@H](CC)N(Cc1cccc(C)c1)C(=O)CCCN(c1ccc(OCC)cc1)S(C)(=O)=O. The number of anilines is 1. The van der Waals surface area contributed by atoms with E-state index < -0.39 is 16.1 Å². The molecule has 0 aliphatic carbocycles. The summed E-state index contributed by atoms with van der Waals surface area (Å²) in [6.07, 6.45) is 2.06. The number of benzene rings is 2. The van der Waals surface area contributed by atoms with Gasteiger partial charge >= 0.3 is 0 Å². The molecule has 0 spiro atoms. The average molecular weight is 518 g/mol. The van der Waals surface area contributed by atoms with Crippen LogP contribution in [0.4, 0.5) is 5.69 Å². The maximum absolute atomic E-state index is 13.4. The Hall–Kier alpha value is -3.07. The highest BCUT2D eigenvalue weighted by Crippen LogP contribution is 2.23. The number of carbonyl (C=O) groups is 2. The number of aryl methyl sites for hydroxylation is 1. The normalized spacial score (nSPS) is 12.0. The van der Waals surface area contributed by atoms with E-state index in [0.29, 0.717) is 44.0 Å². The minimum atomic E-state index is -3.55. The molecular weight excluding hydrogens is 478 g/mol. The van der Waals surface area contributed by atoms with Crippen molar-refractivity contribution >= 4 is 27.5 Å². The van der Waals surface area contributed by atoms with E-state index in [1.165, 1.54) is 4.31 Å². The molecule has 1 atom stereocenters. The summed E-state index contributed by atoms with van der Waals surface area (Å²) in [5.41, 5.74) is 2.53. The summed E-state index contributed by atoms with van der Waals surface area (Å²) in [6, 6.07) is 14.1. The number of amides is 2. The van der Waals surface area contributed by atoms with Crippen LogP contribution in [0.25, 0.3) is 0 Å². The zero-order valence-corrected chi connectivity index (χ0v) is 22.8. The molecule has 2 aromatic carbocycles. The second-order valence-corrected chi connectivity index (χ2v) is 10.6. The number of nitrogens with zero attached hydrogens (tertiary/aromatic N) is 2. The predicted molar refractivity (Wildman–Crippen MR) is 144 cm³/mol. The number of ether oxygens (including phenoxy) is 1. The van der Waals surface area contributed by atoms with Crippen LogP contribution in [0.3, 0.4) is 0 Å². The number of carbonyl (C=O) groups excluding carboxylic acids is 2. The van der Waals surface area contributed by atoms with Gasteiger partial charge in [-0.1, -0.05) is 36.8 Å². The van der Waals surface area contributed by atoms with Crippen LogP contribution < -0.4 is 14.4 Å². The van der Waals surface area contributed by atoms with Gasteiger partial charge in [-0.25, -0.2) is 8.42 Å². The molecule has 0 radical (unpaired) electrons. The fourth-order valence-corrected chi connectivity index (χ4v) is 5.06. The Morgan fingerprint density at radius 2 is 1.75 bits per heavy atom. The van der Waals surface area contributed by atoms with Gasteiger partial charge in [-0.2, -0.15) is 0 Å². The van der Waals surface area contributed by atoms with E-state index in [1.54, 1.807) is 29.2 Å². The van der Waals surface area contributed by atoms with Gasteiger partial charge in [-0.3, -0.25) is 13.9 Å². The maximum atomic E-state index is 13.4. The molecule has 0 bridgehead atoms. The number of sulfonamides is 1. The van der Waals surface area contributed by atoms with E-state index >= 15 is 0 Å². The Morgan fingerprint density at radius 1 is 1.06 bits per heavy atom. The molecule has 0 aliphatic rings. The van der Waals surface area contributed by atoms with Crippen LogP contribution in [0.15, 0.2) is 48.5 Å². The zero-order chi connectivity index (χ0) is 26.7. The highest BCUT2D eigenvalue weighted by atomic mass is 32.2. The summed E-state index contributed by atoms with van der Waals surface area (Å²) in [7, 11) is -3.55. The van der Waals surface area contributed by atoms with E-state index in [1.807, 2.05) is 52.0 Å². The van der Waals surface area contributed by atoms with E-state index in [9.17, 15) is 18.0 Å². The average Bonchev–Trinajstić information content (AvgIpc) is 2.82. The molecule has 0 heterocycles. The van der Waals surface area contributed by atoms with Crippen LogP contribution in [-0.4, -0.2) is 57.1 Å². The molecule has 8 nitrogen and oxygen atoms in total. The van der Waals surface area contributed by atoms with Crippen molar-refractivity contribution in [1.82, 2.24) is 10.2 Å². The smallest absolute Gasteiger partial charge is 0.242 e. The van der Waals surface area contributed by atoms with Gasteiger partial charge in [0.2, 0.25) is 21.8 Å². The van der Waals surface area contributed by atoms with Crippen LogP contribution >= 0.6 is 0 Å². The lowest BCUT2D eigenvalue weighted by Gasteiger charge is -2.31. The zero-order valence-electron chi connectivity index (χ0n) is 22.0. The maximum Gasteiger partial charge on any atom is 0.242 e. The summed E-state index contributed by atoms with van der Waals surface area (Å²) < 4.78 is 31.7. The second-order valence-electron chi connectivity index (χ2n) is 8.69. The van der Waals surface area contributed by atoms with E-state index in [2.05, 4.69) is 5.32 Å². The molecule has 2 rings (SSSR count). The molecule has 0 aromatic heterocycles. The summed E-state index contributed by atoms with van der Waals surface area (Å²) in [5.74, 6) is 0.288. The Kier molecular flexibility index (Phi) is 11.2. The van der Waals surface area contributed by atoms with E-state index in [0.717, 1.165) is 17.4 Å². The topological polar surface area (TPSA) is 96.0 Å². The largest absolute Gasteiger partial charge is 0.494 e. The molecule has 0 saturated carbocycles. The molecule has 0 unspecified atom stereocenters. The number of hydrogen-bond acceptors (Lipinski definition) is 5. The molecule has 2 aromatic rings. The standard InChI is InChI=1S/C27H39N3O5S/c1-6-25(27(32)28-7-2)29(20-22-12-9-11-21(4)19-22)26(31)13-10-18-30(36(5,33)34)23-14-16-24(17-15-23)35-8-3/h9,11-12,14-17,19,25H,6-8,10,13,18,20H2,1-5H3,(H,28,32)/t25-/m0/s1. The van der Waals surface area contributed by atoms with Gasteiger partial charge in [0.25, 0.3) is 0 Å². The highest BCUT2D eigenvalue weighted by Gasteiger charge is 2.28. The fourth-order valence-electron chi connectivity index (χ4n) is 4.10. The van der Waals surface area contributed by atoms with Crippen molar-refractivity contribution < 1.29 is 22.7 Å². The fraction of sp³-hybridized carbons (Fsp3) is 0.481. The lowest BCUT2D eigenvalue weighted by Crippen LogP contribution is -2.49. The first kappa shape index (κ1) is 29.2. The Morgan fingerprint density at radius 3 is 2.31 bits per heavy atom. The number of rotatable bonds is 14. The van der Waals surface area contributed by atoms with Gasteiger partial charge < -0.3 is 15.0 Å². The molecular formula is C27H39N3O5S. The van der Waals surface area contributed by atoms with Gasteiger partial charge in [0, 0.05) is 26.1 Å². The lowest BCUT2D eigenvalue weighted by molar-refractivity contribution is -0.141. The molecule has 1 N–H and O–H groups in total. The first-order valence-corrected chi connectivity index (χ1v) is 14.3. The minimum absolute atomic E-state index is 0.116. The van der Waals surface area contributed by atoms with Crippen molar-refractivity contribution in [3.63, 3.8) is 0 Å². The van der Waals surface area contributed by atoms with Gasteiger partial charge in [-0.15, -0.1) is 0 Å². The summed E-state index contributed by atoms with van der Waals surface area (Å²) in [4.78, 5) is 27.7. The summed E-state index contributed by atoms with van der Waals surface area (Å²) in [6.45, 7) is 9.05. The third-order valence-electron chi connectivity index (χ3n) is 5.76. The van der Waals surface area contributed by atoms with Crippen LogP contribution in [0.5, 0.6) is 5.75 Å². The summed E-state index contributed by atoms with van der Waals surface area (Å²) in [5, 5.41) is 2.83. The molecule has 36 heavy (non-hydrogen) atoms. The Bertz CT molecular complexity index is 1100. The van der Waals surface area contributed by atoms with E-state index in [-0.39, 0.29) is 24.8 Å². The molecule has 0 fully saturated rings. The summed E-state index contributed by atoms with van der Waals surface area (Å²) >= 11 is 0. The number of likely N-dealkylation sites (N-methyl/N-ethyl adjacent to an activating group) is 1. The van der Waals surface area contributed by atoms with E-state index in [4.69, 9.17) is 4.74 Å². The Labute approximate surface area is 215 Å². The predicted octanol–water partition coefficient (Wildman–Crippen LogP) is 3.88. The Balaban J connectivity index is 2.18. The molecule has 198 valence electrons. The number of nitrogens with one attached hydrogen (secondary N) is 1. The van der Waals surface area contributed by atoms with Crippen molar-refractivity contribution in [2.24, 2.45) is 0 Å². The second kappa shape index (κ2) is 13.9. The first-order chi connectivity index (χ1) is 17.1. The van der Waals surface area contributed by atoms with Crippen LogP contribution in [0.1, 0.15) is 51.2 Å². The van der Waals surface area contributed by atoms with Gasteiger partial charge in [0.1, 0.15) is 11.8 Å². The monoisotopic (exact) mass is 517 g/mol. The van der Waals surface area contributed by atoms with Gasteiger partial charge in [-0.05, 0) is 63.4 Å². The van der Waals surface area contributed by atoms with Crippen molar-refractivity contribution in [2.45, 2.75) is 59.5 Å². The number of hydrogen-bond donors (Lipinski definition) is 1. The van der Waals surface area contributed by atoms with Crippen molar-refractivity contribution in [2.75, 3.05) is 30.3 Å². The highest BCUT2D eigenvalue weighted by molar-refractivity contribution is 7.92. The molecule has 9 heteroatoms. The van der Waals surface area contributed by atoms with Crippen LogP contribution in [-0.2, 0) is 26.2 Å². The molecule has 0 aliphatic heterocycles. The van der Waals surface area contributed by atoms with Gasteiger partial charge in [0.15, 0.2) is 0 Å². The first-order valence-electron chi connectivity index (χ1n) is 12.4. The van der Waals surface area contributed by atoms with Crippen molar-refractivity contribution in [1.29, 1.82) is 0 Å². The third-order valence-corrected chi connectivity index (χ3v) is 6.95. The van der Waals surface area contributed by atoms with Crippen molar-refractivity contribution in [3.05, 3.63) is 59.7 Å². The van der Waals surface area contributed by atoms with Crippen molar-refractivity contribution in [3.8, 4) is 5.75 Å². The molecule has 2 amide bonds. The third kappa shape index (κ3) is 8.55. The molecule has 0 saturated heterocycles. The van der Waals surface area contributed by atoms with Crippen LogP contribution in [0.2, 0.25) is 0 Å². The van der Waals surface area contributed by atoms with Crippen LogP contribution in [0, 0.1) is 6.92 Å². The quantitative estimate of drug-likeness (QED) is 0.410.